The molecule has 0 saturated carbocycles. The van der Waals surface area contributed by atoms with Crippen LogP contribution in [0.2, 0.25) is 5.02 Å². The van der Waals surface area contributed by atoms with Gasteiger partial charge < -0.3 is 10.1 Å². The molecule has 1 aliphatic rings. The number of rotatable bonds is 2. The molecule has 1 aromatic heterocycles. The predicted octanol–water partition coefficient (Wildman–Crippen LogP) is 2.39. The number of ether oxygens (including phenoxy) is 1. The molecule has 1 aromatic rings. The Morgan fingerprint density at radius 2 is 2.31 bits per heavy atom. The van der Waals surface area contributed by atoms with Gasteiger partial charge in [-0.05, 0) is 38.4 Å². The molecular formula is C11H14ClFN2O. The van der Waals surface area contributed by atoms with Crippen molar-refractivity contribution in [1.29, 1.82) is 0 Å². The van der Waals surface area contributed by atoms with Crippen LogP contribution in [-0.2, 0) is 0 Å². The highest BCUT2D eigenvalue weighted by atomic mass is 35.5. The first-order valence-electron chi connectivity index (χ1n) is 5.44. The van der Waals surface area contributed by atoms with Crippen LogP contribution in [0.3, 0.4) is 0 Å². The van der Waals surface area contributed by atoms with Gasteiger partial charge in [0.05, 0.1) is 5.02 Å². The van der Waals surface area contributed by atoms with Crippen molar-refractivity contribution in [2.45, 2.75) is 25.4 Å². The zero-order valence-electron chi connectivity index (χ0n) is 8.88. The highest BCUT2D eigenvalue weighted by Crippen LogP contribution is 2.21. The largest absolute Gasteiger partial charge is 0.472 e. The Bertz CT molecular complexity index is 354. The molecule has 1 atom stereocenters. The van der Waals surface area contributed by atoms with Gasteiger partial charge in [-0.15, -0.1) is 0 Å². The number of aromatic nitrogens is 1. The minimum absolute atomic E-state index is 0.0400. The van der Waals surface area contributed by atoms with Gasteiger partial charge in [0.2, 0.25) is 0 Å². The van der Waals surface area contributed by atoms with Gasteiger partial charge in [0, 0.05) is 6.20 Å². The van der Waals surface area contributed by atoms with Crippen molar-refractivity contribution < 1.29 is 9.13 Å². The Hall–Kier alpha value is -0.870. The van der Waals surface area contributed by atoms with Crippen molar-refractivity contribution in [2.24, 2.45) is 0 Å². The van der Waals surface area contributed by atoms with Crippen LogP contribution in [0.1, 0.15) is 19.3 Å². The predicted molar refractivity (Wildman–Crippen MR) is 60.3 cm³/mol. The molecule has 0 aliphatic carbocycles. The number of halogens is 2. The molecule has 0 amide bonds. The second kappa shape index (κ2) is 5.46. The fraction of sp³-hybridized carbons (Fsp3) is 0.545. The normalized spacial score (nSPS) is 21.5. The lowest BCUT2D eigenvalue weighted by Gasteiger charge is -2.15. The molecule has 0 aromatic carbocycles. The zero-order valence-corrected chi connectivity index (χ0v) is 9.63. The van der Waals surface area contributed by atoms with Gasteiger partial charge in [0.25, 0.3) is 5.88 Å². The van der Waals surface area contributed by atoms with Gasteiger partial charge in [0.15, 0.2) is 5.82 Å². The van der Waals surface area contributed by atoms with E-state index >= 15 is 0 Å². The van der Waals surface area contributed by atoms with Crippen LogP contribution >= 0.6 is 11.6 Å². The van der Waals surface area contributed by atoms with Crippen LogP contribution in [0.25, 0.3) is 0 Å². The van der Waals surface area contributed by atoms with Crippen LogP contribution in [0.15, 0.2) is 12.3 Å². The maximum absolute atomic E-state index is 13.4. The number of nitrogens with one attached hydrogen (secondary N) is 1. The van der Waals surface area contributed by atoms with E-state index in [9.17, 15) is 4.39 Å². The van der Waals surface area contributed by atoms with E-state index in [2.05, 4.69) is 10.3 Å². The fourth-order valence-electron chi connectivity index (χ4n) is 1.75. The summed E-state index contributed by atoms with van der Waals surface area (Å²) in [5.74, 6) is -0.444. The third-order valence-corrected chi connectivity index (χ3v) is 2.78. The summed E-state index contributed by atoms with van der Waals surface area (Å²) < 4.78 is 19.0. The number of hydrogen-bond acceptors (Lipinski definition) is 3. The third-order valence-electron chi connectivity index (χ3n) is 2.58. The number of pyridine rings is 1. The van der Waals surface area contributed by atoms with Gasteiger partial charge in [-0.3, -0.25) is 0 Å². The monoisotopic (exact) mass is 244 g/mol. The van der Waals surface area contributed by atoms with E-state index in [1.165, 1.54) is 12.3 Å². The van der Waals surface area contributed by atoms with E-state index in [1.807, 2.05) is 0 Å². The van der Waals surface area contributed by atoms with Crippen molar-refractivity contribution in [3.05, 3.63) is 23.1 Å². The summed E-state index contributed by atoms with van der Waals surface area (Å²) in [5.41, 5.74) is 0. The van der Waals surface area contributed by atoms with Gasteiger partial charge in [0.1, 0.15) is 6.10 Å². The van der Waals surface area contributed by atoms with Crippen LogP contribution in [0, 0.1) is 5.82 Å². The minimum Gasteiger partial charge on any atom is -0.472 e. The van der Waals surface area contributed by atoms with Gasteiger partial charge in [-0.25, -0.2) is 9.37 Å². The summed E-state index contributed by atoms with van der Waals surface area (Å²) in [5, 5.41) is 3.56. The van der Waals surface area contributed by atoms with E-state index in [0.29, 0.717) is 0 Å². The van der Waals surface area contributed by atoms with Crippen LogP contribution in [0.5, 0.6) is 5.88 Å². The lowest BCUT2D eigenvalue weighted by molar-refractivity contribution is 0.171. The second-order valence-electron chi connectivity index (χ2n) is 3.86. The van der Waals surface area contributed by atoms with Crippen LogP contribution < -0.4 is 10.1 Å². The second-order valence-corrected chi connectivity index (χ2v) is 4.30. The van der Waals surface area contributed by atoms with E-state index in [-0.39, 0.29) is 17.0 Å². The maximum atomic E-state index is 13.4. The molecule has 1 fully saturated rings. The molecule has 0 radical (unpaired) electrons. The molecule has 2 heterocycles. The molecule has 1 saturated heterocycles. The fourth-order valence-corrected chi connectivity index (χ4v) is 1.90. The topological polar surface area (TPSA) is 34.1 Å². The summed E-state index contributed by atoms with van der Waals surface area (Å²) in [6.07, 6.45) is 4.29. The van der Waals surface area contributed by atoms with Crippen LogP contribution in [-0.4, -0.2) is 24.2 Å². The first-order chi connectivity index (χ1) is 7.75. The highest BCUT2D eigenvalue weighted by molar-refractivity contribution is 6.30. The Kier molecular flexibility index (Phi) is 3.96. The van der Waals surface area contributed by atoms with Crippen molar-refractivity contribution in [3.63, 3.8) is 0 Å². The SMILES string of the molecule is Fc1cc(Cl)cnc1OC1CCCNCC1. The first-order valence-corrected chi connectivity index (χ1v) is 5.82. The van der Waals surface area contributed by atoms with Crippen molar-refractivity contribution in [2.75, 3.05) is 13.1 Å². The Morgan fingerprint density at radius 3 is 3.12 bits per heavy atom. The van der Waals surface area contributed by atoms with Gasteiger partial charge in [-0.2, -0.15) is 0 Å². The van der Waals surface area contributed by atoms with Crippen molar-refractivity contribution >= 4 is 11.6 Å². The molecule has 88 valence electrons. The average molecular weight is 245 g/mol. The Morgan fingerprint density at radius 1 is 1.44 bits per heavy atom. The Labute approximate surface area is 99.0 Å². The van der Waals surface area contributed by atoms with Crippen molar-refractivity contribution in [1.82, 2.24) is 10.3 Å². The summed E-state index contributed by atoms with van der Waals surface area (Å²) in [6, 6.07) is 1.22. The molecule has 1 unspecified atom stereocenters. The third kappa shape index (κ3) is 3.06. The molecule has 0 bridgehead atoms. The summed E-state index contributed by atoms with van der Waals surface area (Å²) in [7, 11) is 0. The molecule has 5 heteroatoms. The zero-order chi connectivity index (χ0) is 11.4. The highest BCUT2D eigenvalue weighted by Gasteiger charge is 2.16. The van der Waals surface area contributed by atoms with Gasteiger partial charge >= 0.3 is 0 Å². The smallest absolute Gasteiger partial charge is 0.250 e. The summed E-state index contributed by atoms with van der Waals surface area (Å²) >= 11 is 5.62. The Balaban J connectivity index is 2.01. The van der Waals surface area contributed by atoms with Crippen LogP contribution in [0.4, 0.5) is 4.39 Å². The number of nitrogens with zero attached hydrogens (tertiary/aromatic N) is 1. The number of hydrogen-bond donors (Lipinski definition) is 1. The molecule has 2 rings (SSSR count). The van der Waals surface area contributed by atoms with E-state index in [0.717, 1.165) is 32.4 Å². The molecular weight excluding hydrogens is 231 g/mol. The summed E-state index contributed by atoms with van der Waals surface area (Å²) in [4.78, 5) is 3.85. The van der Waals surface area contributed by atoms with E-state index < -0.39 is 5.82 Å². The standard InChI is InChI=1S/C11H14ClFN2O/c12-8-6-10(13)11(15-7-8)16-9-2-1-4-14-5-3-9/h6-7,9,14H,1-5H2. The quantitative estimate of drug-likeness (QED) is 0.868. The molecule has 1 N–H and O–H groups in total. The lowest BCUT2D eigenvalue weighted by Crippen LogP contribution is -2.20. The first kappa shape index (κ1) is 11.6. The lowest BCUT2D eigenvalue weighted by atomic mass is 10.2. The minimum atomic E-state index is -0.496. The molecule has 16 heavy (non-hydrogen) atoms. The molecule has 1 aliphatic heterocycles. The maximum Gasteiger partial charge on any atom is 0.250 e. The van der Waals surface area contributed by atoms with E-state index in [4.69, 9.17) is 16.3 Å². The average Bonchev–Trinajstić information content (AvgIpc) is 2.51. The van der Waals surface area contributed by atoms with Crippen molar-refractivity contribution in [3.8, 4) is 5.88 Å². The van der Waals surface area contributed by atoms with E-state index in [1.54, 1.807) is 0 Å². The summed E-state index contributed by atoms with van der Waals surface area (Å²) in [6.45, 7) is 1.90. The van der Waals surface area contributed by atoms with Gasteiger partial charge in [-0.1, -0.05) is 11.6 Å². The molecule has 0 spiro atoms. The molecule has 3 nitrogen and oxygen atoms in total.